The second-order valence-corrected chi connectivity index (χ2v) is 7.91. The smallest absolute Gasteiger partial charge is 0.251 e. The molecule has 140 valence electrons. The molecule has 3 N–H and O–H groups in total. The first kappa shape index (κ1) is 20.1. The van der Waals surface area contributed by atoms with Crippen LogP contribution in [0.5, 0.6) is 5.75 Å². The summed E-state index contributed by atoms with van der Waals surface area (Å²) in [6.45, 7) is 4.93. The molecule has 2 bridgehead atoms. The van der Waals surface area contributed by atoms with Crippen molar-refractivity contribution in [3.05, 3.63) is 29.8 Å². The maximum Gasteiger partial charge on any atom is 0.251 e. The van der Waals surface area contributed by atoms with Gasteiger partial charge in [0, 0.05) is 17.6 Å². The third-order valence-electron chi connectivity index (χ3n) is 5.37. The number of amides is 1. The topological polar surface area (TPSA) is 64.3 Å². The fourth-order valence-electron chi connectivity index (χ4n) is 4.22. The molecule has 0 saturated heterocycles. The number of benzene rings is 1. The third-order valence-corrected chi connectivity index (χ3v) is 5.37. The van der Waals surface area contributed by atoms with Crippen LogP contribution in [0.2, 0.25) is 0 Å². The summed E-state index contributed by atoms with van der Waals surface area (Å²) in [6, 6.07) is 8.09. The van der Waals surface area contributed by atoms with Crippen molar-refractivity contribution in [1.82, 2.24) is 5.32 Å². The molecule has 4 nitrogen and oxygen atoms in total. The Morgan fingerprint density at radius 1 is 1.20 bits per heavy atom. The molecule has 2 fully saturated rings. The first-order valence-electron chi connectivity index (χ1n) is 9.32. The number of nitrogens with two attached hydrogens (primary N) is 1. The lowest BCUT2D eigenvalue weighted by atomic mass is 9.67. The monoisotopic (exact) mass is 366 g/mol. The molecule has 2 saturated carbocycles. The third kappa shape index (κ3) is 5.11. The SMILES string of the molecule is CC(C)COc1ccc(C(=O)NC2C3CCCC2CC(N)C3)cc1.Cl. The van der Waals surface area contributed by atoms with Gasteiger partial charge in [0.25, 0.3) is 5.91 Å². The molecule has 2 aliphatic carbocycles. The van der Waals surface area contributed by atoms with Gasteiger partial charge in [0.05, 0.1) is 6.61 Å². The Labute approximate surface area is 157 Å². The predicted octanol–water partition coefficient (Wildman–Crippen LogP) is 3.78. The number of carbonyl (C=O) groups is 1. The molecule has 1 aromatic carbocycles. The number of carbonyl (C=O) groups excluding carboxylic acids is 1. The summed E-state index contributed by atoms with van der Waals surface area (Å²) in [5, 5.41) is 3.29. The van der Waals surface area contributed by atoms with E-state index in [1.54, 1.807) is 0 Å². The van der Waals surface area contributed by atoms with Gasteiger partial charge in [-0.3, -0.25) is 4.79 Å². The van der Waals surface area contributed by atoms with Crippen LogP contribution in [0.25, 0.3) is 0 Å². The fraction of sp³-hybridized carbons (Fsp3) is 0.650. The van der Waals surface area contributed by atoms with Crippen molar-refractivity contribution in [1.29, 1.82) is 0 Å². The van der Waals surface area contributed by atoms with Crippen LogP contribution in [0.4, 0.5) is 0 Å². The van der Waals surface area contributed by atoms with Gasteiger partial charge in [-0.25, -0.2) is 0 Å². The Hall–Kier alpha value is -1.26. The van der Waals surface area contributed by atoms with Crippen molar-refractivity contribution in [2.75, 3.05) is 6.61 Å². The number of rotatable bonds is 5. The molecule has 0 aliphatic heterocycles. The van der Waals surface area contributed by atoms with Crippen LogP contribution in [0.3, 0.4) is 0 Å². The normalized spacial score (nSPS) is 28.2. The van der Waals surface area contributed by atoms with E-state index < -0.39 is 0 Å². The average Bonchev–Trinajstić information content (AvgIpc) is 2.54. The van der Waals surface area contributed by atoms with Crippen LogP contribution in [0.15, 0.2) is 24.3 Å². The molecule has 3 rings (SSSR count). The zero-order valence-corrected chi connectivity index (χ0v) is 16.1. The summed E-state index contributed by atoms with van der Waals surface area (Å²) in [5.74, 6) is 2.43. The molecule has 0 heterocycles. The molecule has 2 aliphatic rings. The van der Waals surface area contributed by atoms with Gasteiger partial charge in [0.2, 0.25) is 0 Å². The average molecular weight is 367 g/mol. The summed E-state index contributed by atoms with van der Waals surface area (Å²) in [7, 11) is 0. The van der Waals surface area contributed by atoms with Gasteiger partial charge in [-0.2, -0.15) is 0 Å². The van der Waals surface area contributed by atoms with Gasteiger partial charge in [0.15, 0.2) is 0 Å². The van der Waals surface area contributed by atoms with Crippen LogP contribution in [0.1, 0.15) is 56.3 Å². The first-order chi connectivity index (χ1) is 11.5. The lowest BCUT2D eigenvalue weighted by Gasteiger charge is -2.45. The Morgan fingerprint density at radius 2 is 1.80 bits per heavy atom. The van der Waals surface area contributed by atoms with Crippen LogP contribution in [-0.4, -0.2) is 24.6 Å². The van der Waals surface area contributed by atoms with Gasteiger partial charge in [-0.05, 0) is 67.7 Å². The molecular weight excluding hydrogens is 336 g/mol. The van der Waals surface area contributed by atoms with Gasteiger partial charge < -0.3 is 15.8 Å². The van der Waals surface area contributed by atoms with E-state index in [9.17, 15) is 4.79 Å². The fourth-order valence-corrected chi connectivity index (χ4v) is 4.22. The second-order valence-electron chi connectivity index (χ2n) is 7.91. The molecular formula is C20H31ClN2O2. The molecule has 0 radical (unpaired) electrons. The van der Waals surface area contributed by atoms with E-state index in [0.29, 0.717) is 42.0 Å². The molecule has 25 heavy (non-hydrogen) atoms. The van der Waals surface area contributed by atoms with E-state index in [4.69, 9.17) is 10.5 Å². The standard InChI is InChI=1S/C20H30N2O2.ClH/c1-13(2)12-24-18-8-6-14(7-9-18)20(23)22-19-15-4-3-5-16(19)11-17(21)10-15;/h6-9,13,15-17,19H,3-5,10-12,21H2,1-2H3,(H,22,23);1H. The van der Waals surface area contributed by atoms with E-state index in [1.165, 1.54) is 19.3 Å². The molecule has 2 unspecified atom stereocenters. The summed E-state index contributed by atoms with van der Waals surface area (Å²) in [5.41, 5.74) is 6.88. The van der Waals surface area contributed by atoms with Gasteiger partial charge in [0.1, 0.15) is 5.75 Å². The first-order valence-corrected chi connectivity index (χ1v) is 9.32. The zero-order chi connectivity index (χ0) is 17.1. The van der Waals surface area contributed by atoms with Gasteiger partial charge >= 0.3 is 0 Å². The maximum absolute atomic E-state index is 12.6. The molecule has 0 aromatic heterocycles. The van der Waals surface area contributed by atoms with Crippen molar-refractivity contribution in [3.63, 3.8) is 0 Å². The number of ether oxygens (including phenoxy) is 1. The van der Waals surface area contributed by atoms with Crippen molar-refractivity contribution < 1.29 is 9.53 Å². The van der Waals surface area contributed by atoms with Crippen molar-refractivity contribution >= 4 is 18.3 Å². The van der Waals surface area contributed by atoms with E-state index >= 15 is 0 Å². The molecule has 5 heteroatoms. The van der Waals surface area contributed by atoms with E-state index in [1.807, 2.05) is 24.3 Å². The zero-order valence-electron chi connectivity index (χ0n) is 15.2. The van der Waals surface area contributed by atoms with Crippen LogP contribution >= 0.6 is 12.4 Å². The van der Waals surface area contributed by atoms with Gasteiger partial charge in [-0.1, -0.05) is 20.3 Å². The predicted molar refractivity (Wildman–Crippen MR) is 103 cm³/mol. The van der Waals surface area contributed by atoms with Crippen molar-refractivity contribution in [3.8, 4) is 5.75 Å². The lowest BCUT2D eigenvalue weighted by Crippen LogP contribution is -2.53. The Kier molecular flexibility index (Phi) is 7.14. The van der Waals surface area contributed by atoms with E-state index in [0.717, 1.165) is 18.6 Å². The highest BCUT2D eigenvalue weighted by Gasteiger charge is 2.39. The molecule has 0 spiro atoms. The minimum Gasteiger partial charge on any atom is -0.493 e. The quantitative estimate of drug-likeness (QED) is 0.833. The number of hydrogen-bond acceptors (Lipinski definition) is 3. The summed E-state index contributed by atoms with van der Waals surface area (Å²) in [4.78, 5) is 12.6. The highest BCUT2D eigenvalue weighted by Crippen LogP contribution is 2.39. The highest BCUT2D eigenvalue weighted by molar-refractivity contribution is 5.94. The molecule has 2 atom stereocenters. The molecule has 1 aromatic rings. The Balaban J connectivity index is 0.00000225. The van der Waals surface area contributed by atoms with Crippen LogP contribution in [-0.2, 0) is 0 Å². The number of hydrogen-bond donors (Lipinski definition) is 2. The van der Waals surface area contributed by atoms with Crippen LogP contribution < -0.4 is 15.8 Å². The number of nitrogens with one attached hydrogen (secondary N) is 1. The summed E-state index contributed by atoms with van der Waals surface area (Å²) >= 11 is 0. The second kappa shape index (κ2) is 8.91. The number of halogens is 1. The summed E-state index contributed by atoms with van der Waals surface area (Å²) in [6.07, 6.45) is 5.75. The van der Waals surface area contributed by atoms with Crippen LogP contribution in [0, 0.1) is 17.8 Å². The van der Waals surface area contributed by atoms with Gasteiger partial charge in [-0.15, -0.1) is 12.4 Å². The minimum absolute atomic E-state index is 0. The number of fused-ring (bicyclic) bond motifs is 2. The highest BCUT2D eigenvalue weighted by atomic mass is 35.5. The van der Waals surface area contributed by atoms with E-state index in [2.05, 4.69) is 19.2 Å². The van der Waals surface area contributed by atoms with Crippen molar-refractivity contribution in [2.45, 2.75) is 58.0 Å². The largest absolute Gasteiger partial charge is 0.493 e. The maximum atomic E-state index is 12.6. The Bertz CT molecular complexity index is 547. The van der Waals surface area contributed by atoms with E-state index in [-0.39, 0.29) is 18.3 Å². The Morgan fingerprint density at radius 3 is 2.36 bits per heavy atom. The lowest BCUT2D eigenvalue weighted by molar-refractivity contribution is 0.0756. The minimum atomic E-state index is 0. The summed E-state index contributed by atoms with van der Waals surface area (Å²) < 4.78 is 5.68. The van der Waals surface area contributed by atoms with Crippen molar-refractivity contribution in [2.24, 2.45) is 23.5 Å². The molecule has 1 amide bonds.